The number of alkyl halides is 10. The molecule has 0 rings (SSSR count). The van der Waals surface area contributed by atoms with Crippen molar-refractivity contribution in [2.24, 2.45) is 0 Å². The zero-order chi connectivity index (χ0) is 27.6. The number of carbonyl (C=O) groups is 2. The lowest BCUT2D eigenvalue weighted by Gasteiger charge is -2.33. The molecule has 0 aromatic rings. The minimum absolute atomic E-state index is 0.946. The number of ether oxygens (including phenoxy) is 3. The average Bonchev–Trinajstić information content (AvgIpc) is 2.59. The number of rotatable bonds is 11. The van der Waals surface area contributed by atoms with Crippen molar-refractivity contribution in [2.45, 2.75) is 62.1 Å². The molecule has 1 atom stereocenters. The molecule has 200 valence electrons. The van der Waals surface area contributed by atoms with E-state index in [1.807, 2.05) is 0 Å². The lowest BCUT2D eigenvalue weighted by Crippen LogP contribution is -2.59. The zero-order valence-electron chi connectivity index (χ0n) is 16.9. The molecule has 0 radical (unpaired) electrons. The third-order valence-electron chi connectivity index (χ3n) is 3.49. The largest absolute Gasteiger partial charge is 0.743 e. The third kappa shape index (κ3) is 7.17. The van der Waals surface area contributed by atoms with Crippen molar-refractivity contribution in [2.75, 3.05) is 6.61 Å². The summed E-state index contributed by atoms with van der Waals surface area (Å²) in [6.45, 7) is 2.18. The van der Waals surface area contributed by atoms with E-state index in [0.29, 0.717) is 0 Å². The van der Waals surface area contributed by atoms with Crippen LogP contribution in [0.25, 0.3) is 0 Å². The quantitative estimate of drug-likeness (QED) is 0.0968. The van der Waals surface area contributed by atoms with Crippen LogP contribution >= 0.6 is 0 Å². The van der Waals surface area contributed by atoms with Crippen LogP contribution in [0.1, 0.15) is 26.7 Å². The molecule has 0 spiro atoms. The summed E-state index contributed by atoms with van der Waals surface area (Å²) in [5.41, 5.74) is -2.55. The minimum Gasteiger partial charge on any atom is -0.743 e. The Balaban J connectivity index is 6.01. The third-order valence-corrected chi connectivity index (χ3v) is 4.42. The van der Waals surface area contributed by atoms with Gasteiger partial charge in [0.2, 0.25) is 0 Å². The Hall–Kier alpha value is -2.15. The van der Waals surface area contributed by atoms with Gasteiger partial charge in [-0.2, -0.15) is 43.9 Å². The average molecular weight is 545 g/mol. The van der Waals surface area contributed by atoms with E-state index in [1.54, 1.807) is 0 Å². The van der Waals surface area contributed by atoms with Crippen LogP contribution in [-0.4, -0.2) is 66.9 Å². The predicted octanol–water partition coefficient (Wildman–Crippen LogP) is 3.43. The highest BCUT2D eigenvalue weighted by molar-refractivity contribution is 7.86. The SMILES string of the molecule is C=C(C(=O)OC(OCCCC(F)(F)C(F)(F)S(=O)(=O)[O-])(C(=O)OC(C)C)C(F)(F)F)C(F)(F)F. The smallest absolute Gasteiger partial charge is 0.468 e. The first kappa shape index (κ1) is 31.9. The fourth-order valence-electron chi connectivity index (χ4n) is 1.82. The van der Waals surface area contributed by atoms with Crippen molar-refractivity contribution < 1.29 is 80.7 Å². The Morgan fingerprint density at radius 2 is 1.44 bits per heavy atom. The van der Waals surface area contributed by atoms with Crippen LogP contribution in [-0.2, 0) is 33.9 Å². The molecule has 0 N–H and O–H groups in total. The van der Waals surface area contributed by atoms with E-state index in [-0.39, 0.29) is 0 Å². The molecule has 0 amide bonds. The maximum absolute atomic E-state index is 13.6. The van der Waals surface area contributed by atoms with Crippen molar-refractivity contribution in [3.63, 3.8) is 0 Å². The molecule has 0 saturated heterocycles. The van der Waals surface area contributed by atoms with Gasteiger partial charge in [0.25, 0.3) is 0 Å². The summed E-state index contributed by atoms with van der Waals surface area (Å²) in [6, 6.07) is 0. The normalized spacial score (nSPS) is 15.6. The zero-order valence-corrected chi connectivity index (χ0v) is 17.7. The monoisotopic (exact) mass is 545 g/mol. The van der Waals surface area contributed by atoms with Gasteiger partial charge in [0.15, 0.2) is 10.1 Å². The second kappa shape index (κ2) is 10.2. The topological polar surface area (TPSA) is 119 Å². The van der Waals surface area contributed by atoms with Gasteiger partial charge < -0.3 is 18.8 Å². The first-order valence-corrected chi connectivity index (χ1v) is 9.86. The maximum Gasteiger partial charge on any atom is 0.468 e. The lowest BCUT2D eigenvalue weighted by atomic mass is 10.2. The van der Waals surface area contributed by atoms with Crippen LogP contribution in [0.15, 0.2) is 12.2 Å². The predicted molar refractivity (Wildman–Crippen MR) is 86.1 cm³/mol. The minimum atomic E-state index is -6.93. The van der Waals surface area contributed by atoms with Gasteiger partial charge >= 0.3 is 41.3 Å². The molecule has 0 fully saturated rings. The fourth-order valence-corrected chi connectivity index (χ4v) is 2.29. The van der Waals surface area contributed by atoms with E-state index in [1.165, 1.54) is 0 Å². The number of hydrogen-bond donors (Lipinski definition) is 0. The highest BCUT2D eigenvalue weighted by atomic mass is 32.2. The van der Waals surface area contributed by atoms with Gasteiger partial charge in [-0.05, 0) is 20.3 Å². The number of carbonyl (C=O) groups excluding carboxylic acids is 2. The Morgan fingerprint density at radius 1 is 0.971 bits per heavy atom. The van der Waals surface area contributed by atoms with Crippen LogP contribution in [0.3, 0.4) is 0 Å². The van der Waals surface area contributed by atoms with Gasteiger partial charge in [0.05, 0.1) is 12.7 Å². The van der Waals surface area contributed by atoms with Crippen molar-refractivity contribution >= 4 is 22.1 Å². The molecule has 0 aliphatic rings. The molecule has 1 unspecified atom stereocenters. The summed E-state index contributed by atoms with van der Waals surface area (Å²) < 4.78 is 174. The molecule has 0 aromatic carbocycles. The Morgan fingerprint density at radius 3 is 1.79 bits per heavy atom. The molecule has 0 aromatic heterocycles. The van der Waals surface area contributed by atoms with Crippen molar-refractivity contribution in [3.05, 3.63) is 12.2 Å². The molecule has 19 heteroatoms. The lowest BCUT2D eigenvalue weighted by molar-refractivity contribution is -0.356. The number of esters is 2. The van der Waals surface area contributed by atoms with Gasteiger partial charge in [-0.3, -0.25) is 0 Å². The second-order valence-corrected chi connectivity index (χ2v) is 7.98. The molecule has 0 saturated carbocycles. The van der Waals surface area contributed by atoms with Gasteiger partial charge in [0.1, 0.15) is 5.57 Å². The van der Waals surface area contributed by atoms with E-state index in [2.05, 4.69) is 20.8 Å². The maximum atomic E-state index is 13.6. The molecule has 8 nitrogen and oxygen atoms in total. The first-order valence-electron chi connectivity index (χ1n) is 8.45. The Labute approximate surface area is 184 Å². The summed E-state index contributed by atoms with van der Waals surface area (Å²) in [6.07, 6.45) is -17.3. The van der Waals surface area contributed by atoms with E-state index in [0.717, 1.165) is 13.8 Å². The molecule has 0 heterocycles. The van der Waals surface area contributed by atoms with E-state index < -0.39 is 82.5 Å². The summed E-state index contributed by atoms with van der Waals surface area (Å²) in [5.74, 6) is -16.2. The van der Waals surface area contributed by atoms with Crippen LogP contribution < -0.4 is 0 Å². The van der Waals surface area contributed by atoms with E-state index >= 15 is 0 Å². The van der Waals surface area contributed by atoms with Crippen LogP contribution in [0.2, 0.25) is 0 Å². The fraction of sp³-hybridized carbons (Fsp3) is 0.733. The van der Waals surface area contributed by atoms with Crippen molar-refractivity contribution in [3.8, 4) is 0 Å². The molecule has 0 aliphatic heterocycles. The second-order valence-electron chi connectivity index (χ2n) is 6.56. The molecule has 0 bridgehead atoms. The molecule has 34 heavy (non-hydrogen) atoms. The van der Waals surface area contributed by atoms with Crippen molar-refractivity contribution in [1.29, 1.82) is 0 Å². The van der Waals surface area contributed by atoms with Gasteiger partial charge in [-0.25, -0.2) is 18.0 Å². The van der Waals surface area contributed by atoms with Gasteiger partial charge in [0, 0.05) is 6.42 Å². The number of hydrogen-bond acceptors (Lipinski definition) is 8. The Bertz CT molecular complexity index is 879. The molecule has 0 aliphatic carbocycles. The van der Waals surface area contributed by atoms with E-state index in [9.17, 15) is 66.5 Å². The van der Waals surface area contributed by atoms with Crippen LogP contribution in [0.4, 0.5) is 43.9 Å². The highest BCUT2D eigenvalue weighted by Gasteiger charge is 2.68. The van der Waals surface area contributed by atoms with E-state index in [4.69, 9.17) is 0 Å². The summed E-state index contributed by atoms with van der Waals surface area (Å²) in [5, 5.41) is -6.20. The van der Waals surface area contributed by atoms with Crippen molar-refractivity contribution in [1.82, 2.24) is 0 Å². The highest BCUT2D eigenvalue weighted by Crippen LogP contribution is 2.42. The molecular formula is C15H15F10O8S-. The number of halogens is 10. The van der Waals surface area contributed by atoms with Gasteiger partial charge in [-0.15, -0.1) is 0 Å². The Kier molecular flexibility index (Phi) is 9.58. The van der Waals surface area contributed by atoms with Crippen LogP contribution in [0, 0.1) is 0 Å². The summed E-state index contributed by atoms with van der Waals surface area (Å²) >= 11 is 0. The first-order chi connectivity index (χ1) is 14.8. The van der Waals surface area contributed by atoms with Crippen LogP contribution in [0.5, 0.6) is 0 Å². The summed E-state index contributed by atoms with van der Waals surface area (Å²) in [7, 11) is -6.93. The summed E-state index contributed by atoms with van der Waals surface area (Å²) in [4.78, 5) is 23.5. The standard InChI is InChI=1S/C15H16F10O8S/c1-7(2)32-10(27)12(14(21,22)23,33-9(26)8(3)13(18,19)20)31-6-4-5-11(16,17)15(24,25)34(28,29)30/h7H,3-6H2,1-2H3,(H,28,29,30)/p-1. The molecular weight excluding hydrogens is 530 g/mol. The van der Waals surface area contributed by atoms with Gasteiger partial charge in [-0.1, -0.05) is 6.58 Å².